The van der Waals surface area contributed by atoms with E-state index in [9.17, 15) is 14.3 Å². The number of unbranched alkanes of at least 4 members (excludes halogenated alkanes) is 3. The molecule has 0 saturated carbocycles. The standard InChI is InChI=1S/C14H23O2P.C8H7IO3/c1-3-4-5-7-10-13(2)17(15,16)14-11-8-6-9-12-14;1-12-7-3-2-5(8(10)11)4-6(7)9/h6,8-9,11-13H,3-5,7,10H2,1-2H3,(H,15,16);2-4H,1H3,(H,10,11). The average Bonchev–Trinajstić information content (AvgIpc) is 2.72. The van der Waals surface area contributed by atoms with E-state index in [1.807, 2.05) is 47.7 Å². The molecule has 2 N–H and O–H groups in total. The minimum atomic E-state index is -3.18. The van der Waals surface area contributed by atoms with Crippen molar-refractivity contribution in [2.75, 3.05) is 7.11 Å². The SMILES string of the molecule is CCCCCCC(C)P(=O)(O)c1ccccc1.COc1ccc(C(=O)O)cc1I. The molecule has 2 rings (SSSR count). The van der Waals surface area contributed by atoms with Crippen LogP contribution in [0.2, 0.25) is 0 Å². The van der Waals surface area contributed by atoms with Crippen LogP contribution in [0.15, 0.2) is 48.5 Å². The maximum atomic E-state index is 12.3. The molecule has 0 aliphatic heterocycles. The first-order valence-corrected chi connectivity index (χ1v) is 12.5. The Kier molecular flexibility index (Phi) is 11.5. The molecule has 0 fully saturated rings. The van der Waals surface area contributed by atoms with Gasteiger partial charge in [-0.2, -0.15) is 0 Å². The van der Waals surface area contributed by atoms with Gasteiger partial charge in [-0.3, -0.25) is 4.57 Å². The number of methoxy groups -OCH3 is 1. The Bertz CT molecular complexity index is 810. The molecule has 0 aliphatic rings. The van der Waals surface area contributed by atoms with Gasteiger partial charge in [-0.25, -0.2) is 4.79 Å². The number of carboxylic acid groups (broad SMARTS) is 1. The predicted octanol–water partition coefficient (Wildman–Crippen LogP) is 5.94. The first-order chi connectivity index (χ1) is 13.7. The molecule has 0 spiro atoms. The Morgan fingerprint density at radius 1 is 1.14 bits per heavy atom. The Hall–Kier alpha value is -1.37. The molecule has 0 amide bonds. The van der Waals surface area contributed by atoms with Gasteiger partial charge in [0, 0.05) is 11.0 Å². The highest BCUT2D eigenvalue weighted by Gasteiger charge is 2.28. The molecule has 0 aromatic heterocycles. The fourth-order valence-corrected chi connectivity index (χ4v) is 5.11. The predicted molar refractivity (Wildman–Crippen MR) is 127 cm³/mol. The van der Waals surface area contributed by atoms with E-state index in [1.165, 1.54) is 18.9 Å². The third-order valence-corrected chi connectivity index (χ3v) is 7.93. The van der Waals surface area contributed by atoms with Crippen molar-refractivity contribution in [1.29, 1.82) is 0 Å². The molecule has 2 aromatic rings. The van der Waals surface area contributed by atoms with Crippen LogP contribution in [0.5, 0.6) is 5.75 Å². The monoisotopic (exact) mass is 532 g/mol. The molecule has 0 heterocycles. The van der Waals surface area contributed by atoms with Gasteiger partial charge in [-0.1, -0.05) is 57.7 Å². The number of halogens is 1. The fraction of sp³-hybridized carbons (Fsp3) is 0.409. The number of hydrogen-bond donors (Lipinski definition) is 2. The van der Waals surface area contributed by atoms with E-state index in [-0.39, 0.29) is 11.2 Å². The molecule has 0 saturated heterocycles. The summed E-state index contributed by atoms with van der Waals surface area (Å²) in [6, 6.07) is 13.8. The van der Waals surface area contributed by atoms with Crippen LogP contribution in [0.1, 0.15) is 56.3 Å². The highest BCUT2D eigenvalue weighted by molar-refractivity contribution is 14.1. The average molecular weight is 532 g/mol. The molecule has 0 radical (unpaired) electrons. The zero-order valence-electron chi connectivity index (χ0n) is 17.2. The number of ether oxygens (including phenoxy) is 1. The minimum absolute atomic E-state index is 0.137. The Labute approximate surface area is 187 Å². The zero-order valence-corrected chi connectivity index (χ0v) is 20.2. The van der Waals surface area contributed by atoms with Crippen LogP contribution in [-0.4, -0.2) is 28.7 Å². The van der Waals surface area contributed by atoms with Crippen molar-refractivity contribution in [3.8, 4) is 5.75 Å². The normalized spacial score (nSPS) is 13.6. The van der Waals surface area contributed by atoms with E-state index >= 15 is 0 Å². The van der Waals surface area contributed by atoms with Gasteiger partial charge < -0.3 is 14.7 Å². The first kappa shape index (κ1) is 25.7. The molecule has 0 aliphatic carbocycles. The molecule has 7 heteroatoms. The molecular weight excluding hydrogens is 502 g/mol. The summed E-state index contributed by atoms with van der Waals surface area (Å²) in [6.07, 6.45) is 5.46. The Morgan fingerprint density at radius 2 is 1.79 bits per heavy atom. The van der Waals surface area contributed by atoms with E-state index in [0.29, 0.717) is 11.1 Å². The summed E-state index contributed by atoms with van der Waals surface area (Å²) in [5.74, 6) is -0.226. The summed E-state index contributed by atoms with van der Waals surface area (Å²) in [4.78, 5) is 20.7. The van der Waals surface area contributed by atoms with Gasteiger partial charge in [0.2, 0.25) is 7.37 Å². The Morgan fingerprint density at radius 3 is 2.31 bits per heavy atom. The molecular formula is C22H30IO5P. The van der Waals surface area contributed by atoms with Crippen molar-refractivity contribution in [1.82, 2.24) is 0 Å². The summed E-state index contributed by atoms with van der Waals surface area (Å²) in [5, 5.41) is 9.21. The Balaban J connectivity index is 0.000000308. The molecule has 2 unspecified atom stereocenters. The second-order valence-corrected chi connectivity index (χ2v) is 10.6. The van der Waals surface area contributed by atoms with Crippen LogP contribution in [0.3, 0.4) is 0 Å². The quantitative estimate of drug-likeness (QED) is 0.237. The summed E-state index contributed by atoms with van der Waals surface area (Å²) in [6.45, 7) is 4.06. The van der Waals surface area contributed by atoms with Crippen LogP contribution in [-0.2, 0) is 4.57 Å². The number of carbonyl (C=O) groups is 1. The lowest BCUT2D eigenvalue weighted by molar-refractivity contribution is 0.0696. The maximum absolute atomic E-state index is 12.3. The molecule has 29 heavy (non-hydrogen) atoms. The van der Waals surface area contributed by atoms with Crippen molar-refractivity contribution in [3.63, 3.8) is 0 Å². The van der Waals surface area contributed by atoms with Gasteiger partial charge in [0.15, 0.2) is 0 Å². The van der Waals surface area contributed by atoms with Gasteiger partial charge in [-0.05, 0) is 59.3 Å². The van der Waals surface area contributed by atoms with Crippen molar-refractivity contribution in [2.24, 2.45) is 0 Å². The molecule has 2 aromatic carbocycles. The number of benzene rings is 2. The molecule has 2 atom stereocenters. The van der Waals surface area contributed by atoms with E-state index in [0.717, 1.165) is 22.8 Å². The number of hydrogen-bond acceptors (Lipinski definition) is 3. The molecule has 5 nitrogen and oxygen atoms in total. The third-order valence-electron chi connectivity index (χ3n) is 4.60. The number of rotatable bonds is 9. The first-order valence-electron chi connectivity index (χ1n) is 9.68. The summed E-state index contributed by atoms with van der Waals surface area (Å²) < 4.78 is 18.1. The lowest BCUT2D eigenvalue weighted by atomic mass is 10.1. The fourth-order valence-electron chi connectivity index (χ4n) is 2.74. The van der Waals surface area contributed by atoms with Gasteiger partial charge in [0.05, 0.1) is 16.2 Å². The van der Waals surface area contributed by atoms with E-state index in [2.05, 4.69) is 6.92 Å². The summed E-state index contributed by atoms with van der Waals surface area (Å²) >= 11 is 2.03. The second kappa shape index (κ2) is 13.0. The lowest BCUT2D eigenvalue weighted by Crippen LogP contribution is -2.14. The smallest absolute Gasteiger partial charge is 0.335 e. The second-order valence-electron chi connectivity index (χ2n) is 6.81. The summed E-state index contributed by atoms with van der Waals surface area (Å²) in [7, 11) is -1.63. The van der Waals surface area contributed by atoms with E-state index in [4.69, 9.17) is 9.84 Å². The molecule has 0 bridgehead atoms. The highest BCUT2D eigenvalue weighted by atomic mass is 127. The van der Waals surface area contributed by atoms with Gasteiger partial charge in [0.25, 0.3) is 0 Å². The highest BCUT2D eigenvalue weighted by Crippen LogP contribution is 2.46. The van der Waals surface area contributed by atoms with Gasteiger partial charge >= 0.3 is 5.97 Å². The minimum Gasteiger partial charge on any atom is -0.496 e. The van der Waals surface area contributed by atoms with Gasteiger partial charge in [0.1, 0.15) is 5.75 Å². The van der Waals surface area contributed by atoms with Crippen LogP contribution in [0, 0.1) is 3.57 Å². The van der Waals surface area contributed by atoms with Crippen molar-refractivity contribution >= 4 is 41.2 Å². The van der Waals surface area contributed by atoms with Crippen molar-refractivity contribution < 1.29 is 24.1 Å². The zero-order chi connectivity index (χ0) is 21.9. The van der Waals surface area contributed by atoms with Crippen molar-refractivity contribution in [2.45, 2.75) is 51.6 Å². The molecule has 160 valence electrons. The third kappa shape index (κ3) is 8.49. The van der Waals surface area contributed by atoms with Crippen LogP contribution >= 0.6 is 30.0 Å². The summed E-state index contributed by atoms with van der Waals surface area (Å²) in [5.41, 5.74) is 0.141. The van der Waals surface area contributed by atoms with Crippen LogP contribution in [0.4, 0.5) is 0 Å². The van der Waals surface area contributed by atoms with Crippen molar-refractivity contribution in [3.05, 3.63) is 57.7 Å². The number of aromatic carboxylic acids is 1. The van der Waals surface area contributed by atoms with Gasteiger partial charge in [-0.15, -0.1) is 0 Å². The lowest BCUT2D eigenvalue weighted by Gasteiger charge is -2.19. The van der Waals surface area contributed by atoms with Crippen LogP contribution in [0.25, 0.3) is 0 Å². The van der Waals surface area contributed by atoms with E-state index in [1.54, 1.807) is 31.4 Å². The largest absolute Gasteiger partial charge is 0.496 e. The number of carboxylic acids is 1. The van der Waals surface area contributed by atoms with Crippen LogP contribution < -0.4 is 10.0 Å². The maximum Gasteiger partial charge on any atom is 0.335 e. The topological polar surface area (TPSA) is 83.8 Å². The van der Waals surface area contributed by atoms with E-state index < -0.39 is 13.3 Å².